The fourth-order valence-electron chi connectivity index (χ4n) is 4.78. The molecule has 2 unspecified atom stereocenters. The Morgan fingerprint density at radius 3 is 2.03 bits per heavy atom. The Morgan fingerprint density at radius 2 is 1.38 bits per heavy atom. The normalized spacial score (nSPS) is 12.8. The van der Waals surface area contributed by atoms with Gasteiger partial charge in [0.25, 0.3) is 0 Å². The Kier molecular flexibility index (Phi) is 11.9. The summed E-state index contributed by atoms with van der Waals surface area (Å²) < 4.78 is 11.9. The topological polar surface area (TPSA) is 35.5 Å². The second-order valence-corrected chi connectivity index (χ2v) is 9.97. The summed E-state index contributed by atoms with van der Waals surface area (Å²) in [5.41, 5.74) is 5.07. The highest BCUT2D eigenvalue weighted by Crippen LogP contribution is 2.34. The predicted molar refractivity (Wildman–Crippen MR) is 154 cm³/mol. The first kappa shape index (κ1) is 28.7. The third-order valence-electron chi connectivity index (χ3n) is 7.05. The van der Waals surface area contributed by atoms with Crippen molar-refractivity contribution in [3.8, 4) is 16.9 Å². The molecule has 0 aromatic heterocycles. The molecule has 0 saturated heterocycles. The van der Waals surface area contributed by atoms with Crippen LogP contribution in [0.5, 0.6) is 5.75 Å². The molecule has 0 saturated carbocycles. The number of para-hydroxylation sites is 1. The first-order chi connectivity index (χ1) is 18.1. The van der Waals surface area contributed by atoms with Crippen LogP contribution in [0.15, 0.2) is 72.8 Å². The van der Waals surface area contributed by atoms with Gasteiger partial charge in [-0.1, -0.05) is 107 Å². The number of carbonyl (C=O) groups excluding carboxylic acids is 1. The van der Waals surface area contributed by atoms with Gasteiger partial charge < -0.3 is 9.47 Å². The molecule has 0 aliphatic rings. The number of unbranched alkanes of at least 4 members (excludes halogenated alkanes) is 3. The van der Waals surface area contributed by atoms with Gasteiger partial charge in [0.1, 0.15) is 5.75 Å². The third-order valence-corrected chi connectivity index (χ3v) is 7.05. The maximum atomic E-state index is 13.0. The Hall–Kier alpha value is -2.91. The molecule has 3 rings (SSSR count). The Balaban J connectivity index is 1.65. The summed E-state index contributed by atoms with van der Waals surface area (Å²) >= 11 is 0. The minimum absolute atomic E-state index is 0.0878. The van der Waals surface area contributed by atoms with E-state index in [1.54, 1.807) is 0 Å². The summed E-state index contributed by atoms with van der Waals surface area (Å²) in [6.07, 6.45) is 9.30. The molecule has 0 aliphatic carbocycles. The number of carbonyl (C=O) groups is 1. The third kappa shape index (κ3) is 8.57. The number of hydrogen-bond acceptors (Lipinski definition) is 3. The second-order valence-electron chi connectivity index (χ2n) is 9.97. The first-order valence-electron chi connectivity index (χ1n) is 14.2. The molecular formula is C34H44O3. The zero-order valence-electron chi connectivity index (χ0n) is 23.2. The average Bonchev–Trinajstić information content (AvgIpc) is 2.94. The van der Waals surface area contributed by atoms with E-state index in [2.05, 4.69) is 58.0 Å². The van der Waals surface area contributed by atoms with Crippen LogP contribution >= 0.6 is 0 Å². The van der Waals surface area contributed by atoms with Crippen molar-refractivity contribution in [1.29, 1.82) is 0 Å². The quantitative estimate of drug-likeness (QED) is 0.118. The van der Waals surface area contributed by atoms with Gasteiger partial charge >= 0.3 is 5.97 Å². The lowest BCUT2D eigenvalue weighted by molar-refractivity contribution is 0.0630. The molecule has 3 nitrogen and oxygen atoms in total. The van der Waals surface area contributed by atoms with E-state index < -0.39 is 0 Å². The predicted octanol–water partition coefficient (Wildman–Crippen LogP) is 9.91. The molecule has 3 heteroatoms. The Bertz CT molecular complexity index is 1070. The van der Waals surface area contributed by atoms with Gasteiger partial charge in [-0.15, -0.1) is 0 Å². The van der Waals surface area contributed by atoms with Gasteiger partial charge in [0.2, 0.25) is 0 Å². The second kappa shape index (κ2) is 15.4. The van der Waals surface area contributed by atoms with Gasteiger partial charge in [-0.05, 0) is 72.6 Å². The van der Waals surface area contributed by atoms with E-state index in [0.29, 0.717) is 17.2 Å². The van der Waals surface area contributed by atoms with Crippen molar-refractivity contribution in [3.05, 3.63) is 89.5 Å². The zero-order valence-corrected chi connectivity index (χ0v) is 23.2. The van der Waals surface area contributed by atoms with Crippen LogP contribution in [0.1, 0.15) is 113 Å². The Morgan fingerprint density at radius 1 is 0.730 bits per heavy atom. The van der Waals surface area contributed by atoms with E-state index in [4.69, 9.17) is 9.47 Å². The molecule has 0 bridgehead atoms. The molecule has 0 N–H and O–H groups in total. The molecule has 0 amide bonds. The van der Waals surface area contributed by atoms with Gasteiger partial charge in [0, 0.05) is 6.61 Å². The smallest absolute Gasteiger partial charge is 0.343 e. The van der Waals surface area contributed by atoms with E-state index in [-0.39, 0.29) is 12.1 Å². The van der Waals surface area contributed by atoms with Gasteiger partial charge in [0.05, 0.1) is 11.7 Å². The van der Waals surface area contributed by atoms with Crippen molar-refractivity contribution in [2.75, 3.05) is 6.61 Å². The SMILES string of the molecule is CCCCCOC(C)c1ccc(-c2ccc(C(=O)Oc3ccccc3C(CCC)CCCC)cc2)cc1. The zero-order chi connectivity index (χ0) is 26.5. The van der Waals surface area contributed by atoms with Gasteiger partial charge in [0.15, 0.2) is 0 Å². The van der Waals surface area contributed by atoms with Gasteiger partial charge in [-0.2, -0.15) is 0 Å². The van der Waals surface area contributed by atoms with Crippen molar-refractivity contribution in [2.45, 2.75) is 91.1 Å². The summed E-state index contributed by atoms with van der Waals surface area (Å²) in [5.74, 6) is 0.797. The maximum Gasteiger partial charge on any atom is 0.343 e. The van der Waals surface area contributed by atoms with Gasteiger partial charge in [-0.25, -0.2) is 4.79 Å². The summed E-state index contributed by atoms with van der Waals surface area (Å²) in [6.45, 7) is 9.54. The minimum atomic E-state index is -0.311. The summed E-state index contributed by atoms with van der Waals surface area (Å²) in [5, 5.41) is 0. The van der Waals surface area contributed by atoms with Gasteiger partial charge in [-0.3, -0.25) is 0 Å². The van der Waals surface area contributed by atoms with E-state index in [0.717, 1.165) is 49.0 Å². The minimum Gasteiger partial charge on any atom is -0.423 e. The average molecular weight is 501 g/mol. The first-order valence-corrected chi connectivity index (χ1v) is 14.2. The highest BCUT2D eigenvalue weighted by molar-refractivity contribution is 5.91. The highest BCUT2D eigenvalue weighted by atomic mass is 16.5. The summed E-state index contributed by atoms with van der Waals surface area (Å²) in [6, 6.07) is 24.2. The van der Waals surface area contributed by atoms with Crippen LogP contribution < -0.4 is 4.74 Å². The van der Waals surface area contributed by atoms with Crippen molar-refractivity contribution >= 4 is 5.97 Å². The monoisotopic (exact) mass is 500 g/mol. The van der Waals surface area contributed by atoms with Crippen LogP contribution in [0.4, 0.5) is 0 Å². The molecule has 3 aromatic carbocycles. The molecule has 198 valence electrons. The molecule has 3 aromatic rings. The highest BCUT2D eigenvalue weighted by Gasteiger charge is 2.18. The van der Waals surface area contributed by atoms with Crippen molar-refractivity contribution in [2.24, 2.45) is 0 Å². The van der Waals surface area contributed by atoms with Crippen LogP contribution in [-0.4, -0.2) is 12.6 Å². The fraction of sp³-hybridized carbons (Fsp3) is 0.441. The standard InChI is InChI=1S/C34H44O3/c1-5-8-12-25-36-26(4)27-17-19-28(20-18-27)29-21-23-31(24-22-29)34(35)37-33-16-11-10-15-32(33)30(13-7-3)14-9-6-2/h10-11,15-24,26,30H,5-9,12-14,25H2,1-4H3. The largest absolute Gasteiger partial charge is 0.423 e. The summed E-state index contributed by atoms with van der Waals surface area (Å²) in [7, 11) is 0. The number of rotatable bonds is 15. The molecular weight excluding hydrogens is 456 g/mol. The molecule has 0 spiro atoms. The van der Waals surface area contributed by atoms with Crippen molar-refractivity contribution in [1.82, 2.24) is 0 Å². The summed E-state index contributed by atoms with van der Waals surface area (Å²) in [4.78, 5) is 13.0. The van der Waals surface area contributed by atoms with E-state index in [1.807, 2.05) is 42.5 Å². The lowest BCUT2D eigenvalue weighted by Crippen LogP contribution is -2.11. The molecule has 0 radical (unpaired) electrons. The maximum absolute atomic E-state index is 13.0. The number of benzene rings is 3. The molecule has 0 fully saturated rings. The number of hydrogen-bond donors (Lipinski definition) is 0. The Labute approximate surface area is 224 Å². The van der Waals surface area contributed by atoms with Crippen molar-refractivity contribution < 1.29 is 14.3 Å². The molecule has 37 heavy (non-hydrogen) atoms. The number of ether oxygens (including phenoxy) is 2. The van der Waals surface area contributed by atoms with E-state index in [9.17, 15) is 4.79 Å². The van der Waals surface area contributed by atoms with Crippen LogP contribution in [0.2, 0.25) is 0 Å². The van der Waals surface area contributed by atoms with Crippen LogP contribution in [0, 0.1) is 0 Å². The molecule has 0 aliphatic heterocycles. The fourth-order valence-corrected chi connectivity index (χ4v) is 4.78. The van der Waals surface area contributed by atoms with Crippen molar-refractivity contribution in [3.63, 3.8) is 0 Å². The van der Waals surface area contributed by atoms with Crippen LogP contribution in [0.25, 0.3) is 11.1 Å². The van der Waals surface area contributed by atoms with Crippen LogP contribution in [0.3, 0.4) is 0 Å². The van der Waals surface area contributed by atoms with E-state index in [1.165, 1.54) is 31.2 Å². The molecule has 2 atom stereocenters. The lowest BCUT2D eigenvalue weighted by Gasteiger charge is -2.19. The lowest BCUT2D eigenvalue weighted by atomic mass is 9.89. The van der Waals surface area contributed by atoms with E-state index >= 15 is 0 Å². The molecule has 0 heterocycles. The van der Waals surface area contributed by atoms with Crippen LogP contribution in [-0.2, 0) is 4.74 Å². The number of esters is 1.